The maximum absolute atomic E-state index is 12.9. The standard InChI is InChI=1S/C23H29NO3S/c1-12-8-15(9-13(2)20(12)27-7-6-25)11-24-22(26)21-16-10-17-19(23(17,4)5)18(16)14(3)28-21/h8-9,17,19,25H,6-7,10-11H2,1-5H3,(H,24,26)/t17-,19-/m1/s1. The fourth-order valence-corrected chi connectivity index (χ4v) is 6.24. The van der Waals surface area contributed by atoms with Crippen LogP contribution in [0.1, 0.15) is 62.1 Å². The van der Waals surface area contributed by atoms with Crippen molar-refractivity contribution < 1.29 is 14.6 Å². The number of rotatable bonds is 6. The number of fused-ring (bicyclic) bond motifs is 3. The zero-order valence-electron chi connectivity index (χ0n) is 17.3. The van der Waals surface area contributed by atoms with Crippen LogP contribution in [0.2, 0.25) is 0 Å². The minimum Gasteiger partial charge on any atom is -0.491 e. The van der Waals surface area contributed by atoms with Crippen LogP contribution in [0, 0.1) is 32.1 Å². The van der Waals surface area contributed by atoms with Gasteiger partial charge in [0.05, 0.1) is 11.5 Å². The van der Waals surface area contributed by atoms with E-state index in [9.17, 15) is 4.79 Å². The van der Waals surface area contributed by atoms with Crippen LogP contribution in [0.5, 0.6) is 5.75 Å². The van der Waals surface area contributed by atoms with Gasteiger partial charge in [0, 0.05) is 11.4 Å². The van der Waals surface area contributed by atoms with Crippen molar-refractivity contribution in [1.29, 1.82) is 0 Å². The third-order valence-corrected chi connectivity index (χ3v) is 7.70. The molecule has 2 N–H and O–H groups in total. The summed E-state index contributed by atoms with van der Waals surface area (Å²) >= 11 is 1.65. The Bertz CT molecular complexity index is 921. The highest BCUT2D eigenvalue weighted by Crippen LogP contribution is 2.71. The second-order valence-electron chi connectivity index (χ2n) is 8.80. The molecule has 4 rings (SSSR count). The molecule has 0 saturated heterocycles. The van der Waals surface area contributed by atoms with Gasteiger partial charge in [-0.15, -0.1) is 11.3 Å². The van der Waals surface area contributed by atoms with Crippen molar-refractivity contribution in [3.63, 3.8) is 0 Å². The van der Waals surface area contributed by atoms with Crippen LogP contribution < -0.4 is 10.1 Å². The molecule has 1 aromatic heterocycles. The molecular weight excluding hydrogens is 370 g/mol. The molecule has 2 aliphatic carbocycles. The van der Waals surface area contributed by atoms with Gasteiger partial charge >= 0.3 is 0 Å². The van der Waals surface area contributed by atoms with Crippen molar-refractivity contribution in [1.82, 2.24) is 5.32 Å². The van der Waals surface area contributed by atoms with Crippen LogP contribution in [0.4, 0.5) is 0 Å². The number of ether oxygens (including phenoxy) is 1. The van der Waals surface area contributed by atoms with Crippen molar-refractivity contribution in [2.24, 2.45) is 11.3 Å². The van der Waals surface area contributed by atoms with Gasteiger partial charge in [0.25, 0.3) is 5.91 Å². The predicted molar refractivity (Wildman–Crippen MR) is 112 cm³/mol. The molecule has 5 heteroatoms. The minimum absolute atomic E-state index is 0.000136. The quantitative estimate of drug-likeness (QED) is 0.763. The van der Waals surface area contributed by atoms with Crippen molar-refractivity contribution in [3.05, 3.63) is 49.7 Å². The second-order valence-corrected chi connectivity index (χ2v) is 10.0. The Morgan fingerprint density at radius 1 is 1.29 bits per heavy atom. The van der Waals surface area contributed by atoms with E-state index in [1.807, 2.05) is 26.0 Å². The number of thiophene rings is 1. The Kier molecular flexibility index (Phi) is 4.79. The van der Waals surface area contributed by atoms with Gasteiger partial charge in [-0.3, -0.25) is 4.79 Å². The van der Waals surface area contributed by atoms with Gasteiger partial charge in [-0.2, -0.15) is 0 Å². The van der Waals surface area contributed by atoms with E-state index in [0.29, 0.717) is 30.4 Å². The Labute approximate surface area is 170 Å². The number of carbonyl (C=O) groups is 1. The van der Waals surface area contributed by atoms with E-state index >= 15 is 0 Å². The molecule has 1 saturated carbocycles. The Morgan fingerprint density at radius 3 is 2.61 bits per heavy atom. The fourth-order valence-electron chi connectivity index (χ4n) is 5.10. The number of aliphatic hydroxyl groups is 1. The second kappa shape index (κ2) is 6.89. The molecule has 1 fully saturated rings. The molecule has 150 valence electrons. The summed E-state index contributed by atoms with van der Waals surface area (Å²) in [6.07, 6.45) is 1.05. The largest absolute Gasteiger partial charge is 0.491 e. The van der Waals surface area contributed by atoms with Crippen LogP contribution in [0.3, 0.4) is 0 Å². The molecule has 2 atom stereocenters. The first kappa shape index (κ1) is 19.5. The summed E-state index contributed by atoms with van der Waals surface area (Å²) in [5.41, 5.74) is 6.27. The first-order chi connectivity index (χ1) is 13.3. The molecule has 0 radical (unpaired) electrons. The Morgan fingerprint density at radius 2 is 1.96 bits per heavy atom. The molecule has 0 aliphatic heterocycles. The highest BCUT2D eigenvalue weighted by Gasteiger charge is 2.63. The smallest absolute Gasteiger partial charge is 0.261 e. The summed E-state index contributed by atoms with van der Waals surface area (Å²) in [5.74, 6) is 2.23. The average Bonchev–Trinajstić information content (AvgIpc) is 2.96. The lowest BCUT2D eigenvalue weighted by Crippen LogP contribution is -2.23. The lowest BCUT2D eigenvalue weighted by molar-refractivity contribution is 0.0954. The summed E-state index contributed by atoms with van der Waals surface area (Å²) in [6, 6.07) is 4.09. The van der Waals surface area contributed by atoms with E-state index in [2.05, 4.69) is 26.1 Å². The summed E-state index contributed by atoms with van der Waals surface area (Å²) in [4.78, 5) is 15.1. The van der Waals surface area contributed by atoms with E-state index in [1.165, 1.54) is 16.0 Å². The summed E-state index contributed by atoms with van der Waals surface area (Å²) in [6.45, 7) is 11.6. The molecular formula is C23H29NO3S. The third kappa shape index (κ3) is 3.05. The van der Waals surface area contributed by atoms with Crippen LogP contribution >= 0.6 is 11.3 Å². The van der Waals surface area contributed by atoms with Gasteiger partial charge in [-0.1, -0.05) is 26.0 Å². The summed E-state index contributed by atoms with van der Waals surface area (Å²) < 4.78 is 5.62. The minimum atomic E-state index is 0.000136. The van der Waals surface area contributed by atoms with Gasteiger partial charge in [-0.05, 0) is 72.3 Å². The molecule has 0 spiro atoms. The molecule has 2 aliphatic rings. The van der Waals surface area contributed by atoms with Crippen molar-refractivity contribution in [2.45, 2.75) is 53.5 Å². The van der Waals surface area contributed by atoms with E-state index in [4.69, 9.17) is 9.84 Å². The molecule has 1 aromatic carbocycles. The lowest BCUT2D eigenvalue weighted by Gasteiger charge is -2.14. The molecule has 0 unspecified atom stereocenters. The van der Waals surface area contributed by atoms with Gasteiger partial charge in [-0.25, -0.2) is 0 Å². The Balaban J connectivity index is 1.47. The van der Waals surface area contributed by atoms with E-state index < -0.39 is 0 Å². The third-order valence-electron chi connectivity index (χ3n) is 6.54. The number of aliphatic hydroxyl groups excluding tert-OH is 1. The normalized spacial score (nSPS) is 21.2. The monoisotopic (exact) mass is 399 g/mol. The van der Waals surface area contributed by atoms with Gasteiger partial charge in [0.1, 0.15) is 12.4 Å². The number of amides is 1. The molecule has 1 heterocycles. The first-order valence-electron chi connectivity index (χ1n) is 9.99. The number of aryl methyl sites for hydroxylation is 3. The molecule has 1 amide bonds. The molecule has 4 nitrogen and oxygen atoms in total. The number of carbonyl (C=O) groups excluding carboxylic acids is 1. The van der Waals surface area contributed by atoms with E-state index in [0.717, 1.165) is 33.7 Å². The number of nitrogens with one attached hydrogen (secondary N) is 1. The molecule has 0 bridgehead atoms. The van der Waals surface area contributed by atoms with Crippen molar-refractivity contribution in [3.8, 4) is 5.75 Å². The topological polar surface area (TPSA) is 58.6 Å². The highest BCUT2D eigenvalue weighted by atomic mass is 32.1. The van der Waals surface area contributed by atoms with Gasteiger partial charge in [0.2, 0.25) is 0 Å². The SMILES string of the molecule is Cc1cc(CNC(=O)c2sc(C)c3c2C[C@@H]2[C@H]3C2(C)C)cc(C)c1OCCO. The zero-order chi connectivity index (χ0) is 20.2. The Hall–Kier alpha value is -1.85. The van der Waals surface area contributed by atoms with Crippen LogP contribution in [0.25, 0.3) is 0 Å². The van der Waals surface area contributed by atoms with Crippen molar-refractivity contribution >= 4 is 17.2 Å². The van der Waals surface area contributed by atoms with Crippen molar-refractivity contribution in [2.75, 3.05) is 13.2 Å². The predicted octanol–water partition coefficient (Wildman–Crippen LogP) is 4.27. The van der Waals surface area contributed by atoms with Crippen LogP contribution in [-0.4, -0.2) is 24.2 Å². The molecule has 28 heavy (non-hydrogen) atoms. The summed E-state index contributed by atoms with van der Waals surface area (Å²) in [5, 5.41) is 12.1. The lowest BCUT2D eigenvalue weighted by atomic mass is 9.95. The first-order valence-corrected chi connectivity index (χ1v) is 10.8. The number of benzene rings is 1. The molecule has 2 aromatic rings. The number of hydrogen-bond donors (Lipinski definition) is 2. The van der Waals surface area contributed by atoms with Gasteiger partial charge in [0.15, 0.2) is 0 Å². The van der Waals surface area contributed by atoms with E-state index in [1.54, 1.807) is 11.3 Å². The van der Waals surface area contributed by atoms with Crippen LogP contribution in [0.15, 0.2) is 12.1 Å². The van der Waals surface area contributed by atoms with E-state index in [-0.39, 0.29) is 12.5 Å². The highest BCUT2D eigenvalue weighted by molar-refractivity contribution is 7.14. The summed E-state index contributed by atoms with van der Waals surface area (Å²) in [7, 11) is 0. The maximum Gasteiger partial charge on any atom is 0.261 e. The van der Waals surface area contributed by atoms with Gasteiger partial charge < -0.3 is 15.2 Å². The zero-order valence-corrected chi connectivity index (χ0v) is 18.1. The van der Waals surface area contributed by atoms with Crippen LogP contribution in [-0.2, 0) is 13.0 Å². The maximum atomic E-state index is 12.9. The average molecular weight is 400 g/mol. The fraction of sp³-hybridized carbons (Fsp3) is 0.522. The number of hydrogen-bond acceptors (Lipinski definition) is 4.